The molecule has 136 valence electrons. The van der Waals surface area contributed by atoms with Crippen LogP contribution in [0.15, 0.2) is 48.5 Å². The molecule has 0 heterocycles. The van der Waals surface area contributed by atoms with E-state index in [-0.39, 0.29) is 18.4 Å². The van der Waals surface area contributed by atoms with Crippen LogP contribution in [0.25, 0.3) is 0 Å². The SMILES string of the molecule is COC(=O)N(C)c1ccc(NC(=O)CNC(=O)c2ccccc2I)cc1. The highest BCUT2D eigenvalue weighted by Gasteiger charge is 2.12. The van der Waals surface area contributed by atoms with Gasteiger partial charge in [0, 0.05) is 22.0 Å². The van der Waals surface area contributed by atoms with Gasteiger partial charge in [-0.05, 0) is 59.0 Å². The number of rotatable bonds is 5. The first-order valence-electron chi connectivity index (χ1n) is 7.66. The number of nitrogens with zero attached hydrogens (tertiary/aromatic N) is 1. The molecule has 0 atom stereocenters. The molecule has 0 saturated carbocycles. The predicted octanol–water partition coefficient (Wildman–Crippen LogP) is 2.86. The topological polar surface area (TPSA) is 87.7 Å². The van der Waals surface area contributed by atoms with Crippen LogP contribution in [0.5, 0.6) is 0 Å². The number of methoxy groups -OCH3 is 1. The van der Waals surface area contributed by atoms with Crippen molar-refractivity contribution in [2.45, 2.75) is 0 Å². The Labute approximate surface area is 164 Å². The molecule has 2 aromatic carbocycles. The van der Waals surface area contributed by atoms with Crippen LogP contribution in [0, 0.1) is 3.57 Å². The first-order chi connectivity index (χ1) is 12.4. The molecule has 0 aliphatic rings. The average Bonchev–Trinajstić information content (AvgIpc) is 2.66. The van der Waals surface area contributed by atoms with Crippen molar-refractivity contribution in [1.29, 1.82) is 0 Å². The molecule has 7 nitrogen and oxygen atoms in total. The molecule has 0 aliphatic carbocycles. The molecule has 0 radical (unpaired) electrons. The molecule has 0 aromatic heterocycles. The second-order valence-corrected chi connectivity index (χ2v) is 6.45. The summed E-state index contributed by atoms with van der Waals surface area (Å²) in [5.74, 6) is -0.654. The molecule has 2 rings (SSSR count). The van der Waals surface area contributed by atoms with Gasteiger partial charge in [-0.1, -0.05) is 12.1 Å². The van der Waals surface area contributed by atoms with E-state index in [9.17, 15) is 14.4 Å². The Balaban J connectivity index is 1.89. The Morgan fingerprint density at radius 3 is 2.35 bits per heavy atom. The smallest absolute Gasteiger partial charge is 0.413 e. The number of hydrogen-bond acceptors (Lipinski definition) is 4. The molecule has 0 spiro atoms. The Kier molecular flexibility index (Phi) is 6.96. The summed E-state index contributed by atoms with van der Waals surface area (Å²) < 4.78 is 5.45. The van der Waals surface area contributed by atoms with Crippen molar-refractivity contribution in [2.75, 3.05) is 30.9 Å². The Morgan fingerprint density at radius 2 is 1.73 bits per heavy atom. The zero-order valence-electron chi connectivity index (χ0n) is 14.3. The van der Waals surface area contributed by atoms with E-state index in [1.807, 2.05) is 12.1 Å². The van der Waals surface area contributed by atoms with E-state index >= 15 is 0 Å². The zero-order valence-corrected chi connectivity index (χ0v) is 16.4. The van der Waals surface area contributed by atoms with Gasteiger partial charge in [0.1, 0.15) is 0 Å². The number of benzene rings is 2. The van der Waals surface area contributed by atoms with Crippen molar-refractivity contribution in [3.05, 3.63) is 57.7 Å². The van der Waals surface area contributed by atoms with Crippen LogP contribution in [0.4, 0.5) is 16.2 Å². The number of amides is 3. The highest BCUT2D eigenvalue weighted by Crippen LogP contribution is 2.17. The summed E-state index contributed by atoms with van der Waals surface area (Å²) >= 11 is 2.07. The first-order valence-corrected chi connectivity index (χ1v) is 8.74. The lowest BCUT2D eigenvalue weighted by Crippen LogP contribution is -2.33. The van der Waals surface area contributed by atoms with Crippen LogP contribution in [0.3, 0.4) is 0 Å². The van der Waals surface area contributed by atoms with Crippen LogP contribution in [-0.4, -0.2) is 38.6 Å². The summed E-state index contributed by atoms with van der Waals surface area (Å²) in [6, 6.07) is 13.8. The third-order valence-corrected chi connectivity index (χ3v) is 4.46. The zero-order chi connectivity index (χ0) is 19.1. The van der Waals surface area contributed by atoms with Gasteiger partial charge in [0.2, 0.25) is 5.91 Å². The van der Waals surface area contributed by atoms with Crippen LogP contribution < -0.4 is 15.5 Å². The maximum atomic E-state index is 12.1. The maximum absolute atomic E-state index is 12.1. The van der Waals surface area contributed by atoms with Crippen LogP contribution in [0.1, 0.15) is 10.4 Å². The molecule has 26 heavy (non-hydrogen) atoms. The second kappa shape index (κ2) is 9.18. The summed E-state index contributed by atoms with van der Waals surface area (Å²) in [6.07, 6.45) is -0.486. The number of halogens is 1. The Bertz CT molecular complexity index is 808. The first kappa shape index (κ1) is 19.7. The fraction of sp³-hybridized carbons (Fsp3) is 0.167. The molecule has 8 heteroatoms. The molecule has 0 fully saturated rings. The Morgan fingerprint density at radius 1 is 1.08 bits per heavy atom. The van der Waals surface area contributed by atoms with E-state index in [4.69, 9.17) is 0 Å². The Hall–Kier alpha value is -2.62. The standard InChI is InChI=1S/C18H18IN3O4/c1-22(18(25)26-2)13-9-7-12(8-10-13)21-16(23)11-20-17(24)14-5-3-4-6-15(14)19/h3-10H,11H2,1-2H3,(H,20,24)(H,21,23). The molecule has 0 saturated heterocycles. The maximum Gasteiger partial charge on any atom is 0.413 e. The summed E-state index contributed by atoms with van der Waals surface area (Å²) in [5.41, 5.74) is 1.71. The quantitative estimate of drug-likeness (QED) is 0.663. The lowest BCUT2D eigenvalue weighted by Gasteiger charge is -2.16. The van der Waals surface area contributed by atoms with Crippen molar-refractivity contribution < 1.29 is 19.1 Å². The van der Waals surface area contributed by atoms with Gasteiger partial charge in [-0.25, -0.2) is 4.79 Å². The van der Waals surface area contributed by atoms with Gasteiger partial charge in [-0.15, -0.1) is 0 Å². The molecular weight excluding hydrogens is 449 g/mol. The minimum Gasteiger partial charge on any atom is -0.452 e. The third kappa shape index (κ3) is 5.19. The van der Waals surface area contributed by atoms with E-state index in [0.29, 0.717) is 16.9 Å². The number of carbonyl (C=O) groups excluding carboxylic acids is 3. The second-order valence-electron chi connectivity index (χ2n) is 5.29. The molecule has 3 amide bonds. The molecule has 0 unspecified atom stereocenters. The lowest BCUT2D eigenvalue weighted by atomic mass is 10.2. The monoisotopic (exact) mass is 467 g/mol. The van der Waals surface area contributed by atoms with Crippen LogP contribution in [0.2, 0.25) is 0 Å². The van der Waals surface area contributed by atoms with Crippen LogP contribution in [-0.2, 0) is 9.53 Å². The van der Waals surface area contributed by atoms with Gasteiger partial charge in [0.25, 0.3) is 5.91 Å². The third-order valence-electron chi connectivity index (χ3n) is 3.51. The van der Waals surface area contributed by atoms with Gasteiger partial charge in [0.05, 0.1) is 19.2 Å². The molecule has 2 aromatic rings. The highest BCUT2D eigenvalue weighted by molar-refractivity contribution is 14.1. The minimum absolute atomic E-state index is 0.145. The van der Waals surface area contributed by atoms with Crippen molar-refractivity contribution >= 4 is 51.9 Å². The van der Waals surface area contributed by atoms with Crippen LogP contribution >= 0.6 is 22.6 Å². The van der Waals surface area contributed by atoms with Gasteiger partial charge in [0.15, 0.2) is 0 Å². The van der Waals surface area contributed by atoms with Gasteiger partial charge < -0.3 is 15.4 Å². The van der Waals surface area contributed by atoms with E-state index in [1.165, 1.54) is 12.0 Å². The van der Waals surface area contributed by atoms with Crippen molar-refractivity contribution in [3.8, 4) is 0 Å². The lowest BCUT2D eigenvalue weighted by molar-refractivity contribution is -0.115. The van der Waals surface area contributed by atoms with Crippen molar-refractivity contribution in [1.82, 2.24) is 5.32 Å². The summed E-state index contributed by atoms with van der Waals surface area (Å²) in [4.78, 5) is 36.9. The number of ether oxygens (including phenoxy) is 1. The average molecular weight is 467 g/mol. The number of carbonyl (C=O) groups is 3. The van der Waals surface area contributed by atoms with E-state index < -0.39 is 6.09 Å². The highest BCUT2D eigenvalue weighted by atomic mass is 127. The minimum atomic E-state index is -0.486. The summed E-state index contributed by atoms with van der Waals surface area (Å²) in [6.45, 7) is -0.145. The molecular formula is C18H18IN3O4. The van der Waals surface area contributed by atoms with Crippen molar-refractivity contribution in [3.63, 3.8) is 0 Å². The fourth-order valence-electron chi connectivity index (χ4n) is 2.12. The van der Waals surface area contributed by atoms with Crippen molar-refractivity contribution in [2.24, 2.45) is 0 Å². The normalized spacial score (nSPS) is 9.96. The van der Waals surface area contributed by atoms with E-state index in [2.05, 4.69) is 38.0 Å². The summed E-state index contributed by atoms with van der Waals surface area (Å²) in [7, 11) is 2.89. The molecule has 0 bridgehead atoms. The fourth-order valence-corrected chi connectivity index (χ4v) is 2.75. The summed E-state index contributed by atoms with van der Waals surface area (Å²) in [5, 5.41) is 5.27. The number of nitrogens with one attached hydrogen (secondary N) is 2. The predicted molar refractivity (Wildman–Crippen MR) is 107 cm³/mol. The van der Waals surface area contributed by atoms with Gasteiger partial charge in [-0.2, -0.15) is 0 Å². The largest absolute Gasteiger partial charge is 0.452 e. The van der Waals surface area contributed by atoms with E-state index in [1.54, 1.807) is 43.4 Å². The number of hydrogen-bond donors (Lipinski definition) is 2. The molecule has 2 N–H and O–H groups in total. The van der Waals surface area contributed by atoms with Gasteiger partial charge in [-0.3, -0.25) is 14.5 Å². The van der Waals surface area contributed by atoms with E-state index in [0.717, 1.165) is 3.57 Å². The molecule has 0 aliphatic heterocycles. The number of anilines is 2. The van der Waals surface area contributed by atoms with Gasteiger partial charge >= 0.3 is 6.09 Å².